The molecule has 1 atom stereocenters. The normalized spacial score (nSPS) is 12.4. The fraction of sp³-hybridized carbons (Fsp3) is 0.500. The lowest BCUT2D eigenvalue weighted by Gasteiger charge is -2.20. The van der Waals surface area contributed by atoms with Gasteiger partial charge in [0.15, 0.2) is 0 Å². The topological polar surface area (TPSA) is 36.3 Å². The summed E-state index contributed by atoms with van der Waals surface area (Å²) in [6, 6.07) is 12.4. The van der Waals surface area contributed by atoms with E-state index in [0.29, 0.717) is 13.2 Å². The zero-order valence-corrected chi connectivity index (χ0v) is 10.6. The van der Waals surface area contributed by atoms with E-state index in [9.17, 15) is 0 Å². The summed E-state index contributed by atoms with van der Waals surface area (Å²) in [7, 11) is 1.96. The third-order valence-electron chi connectivity index (χ3n) is 2.77. The van der Waals surface area contributed by atoms with Gasteiger partial charge in [0.2, 0.25) is 0 Å². The molecule has 1 aromatic rings. The second kappa shape index (κ2) is 7.83. The van der Waals surface area contributed by atoms with Gasteiger partial charge in [-0.3, -0.25) is 4.90 Å². The van der Waals surface area contributed by atoms with Gasteiger partial charge in [-0.15, -0.1) is 0 Å². The Hall–Kier alpha value is -1.37. The lowest BCUT2D eigenvalue weighted by Crippen LogP contribution is -2.32. The van der Waals surface area contributed by atoms with Crippen molar-refractivity contribution in [3.05, 3.63) is 35.9 Å². The summed E-state index contributed by atoms with van der Waals surface area (Å²) in [5.41, 5.74) is 1.18. The molecule has 3 heteroatoms. The smallest absolute Gasteiger partial charge is 0.0973 e. The van der Waals surface area contributed by atoms with E-state index in [1.807, 2.05) is 49.2 Å². The molecule has 1 unspecified atom stereocenters. The molecule has 0 N–H and O–H groups in total. The molecule has 0 aliphatic rings. The third kappa shape index (κ3) is 4.99. The number of rotatable bonds is 7. The van der Waals surface area contributed by atoms with Crippen molar-refractivity contribution in [1.82, 2.24) is 4.90 Å². The van der Waals surface area contributed by atoms with Crippen molar-refractivity contribution < 1.29 is 4.74 Å². The fourth-order valence-electron chi connectivity index (χ4n) is 1.63. The molecule has 0 aromatic heterocycles. The van der Waals surface area contributed by atoms with Gasteiger partial charge >= 0.3 is 0 Å². The molecule has 0 amide bonds. The first kappa shape index (κ1) is 13.7. The van der Waals surface area contributed by atoms with Crippen molar-refractivity contribution in [3.8, 4) is 6.07 Å². The summed E-state index contributed by atoms with van der Waals surface area (Å²) in [6.45, 7) is 4.11. The highest BCUT2D eigenvalue weighted by Crippen LogP contribution is 2.02. The molecule has 0 fully saturated rings. The molecule has 0 bridgehead atoms. The molecule has 0 aliphatic carbocycles. The van der Waals surface area contributed by atoms with Gasteiger partial charge in [-0.05, 0) is 19.0 Å². The Morgan fingerprint density at radius 2 is 2.06 bits per heavy atom. The molecular weight excluding hydrogens is 212 g/mol. The van der Waals surface area contributed by atoms with E-state index in [4.69, 9.17) is 10.00 Å². The minimum Gasteiger partial charge on any atom is -0.375 e. The summed E-state index contributed by atoms with van der Waals surface area (Å²) in [5.74, 6) is 0. The highest BCUT2D eigenvalue weighted by atomic mass is 16.5. The Morgan fingerprint density at radius 1 is 1.35 bits per heavy atom. The average Bonchev–Trinajstić information content (AvgIpc) is 2.37. The van der Waals surface area contributed by atoms with Gasteiger partial charge in [0.05, 0.1) is 25.3 Å². The maximum Gasteiger partial charge on any atom is 0.0973 e. The van der Waals surface area contributed by atoms with Crippen LogP contribution in [-0.2, 0) is 11.3 Å². The maximum absolute atomic E-state index is 8.90. The van der Waals surface area contributed by atoms with Crippen molar-refractivity contribution in [2.45, 2.75) is 26.0 Å². The van der Waals surface area contributed by atoms with E-state index in [0.717, 1.165) is 13.0 Å². The summed E-state index contributed by atoms with van der Waals surface area (Å²) < 4.78 is 5.58. The highest BCUT2D eigenvalue weighted by Gasteiger charge is 2.10. The molecule has 1 aromatic carbocycles. The predicted octanol–water partition coefficient (Wildman–Crippen LogP) is 2.44. The average molecular weight is 232 g/mol. The van der Waals surface area contributed by atoms with Crippen LogP contribution in [0.25, 0.3) is 0 Å². The number of hydrogen-bond donors (Lipinski definition) is 0. The number of nitriles is 1. The zero-order chi connectivity index (χ0) is 12.5. The van der Waals surface area contributed by atoms with E-state index in [2.05, 4.69) is 6.07 Å². The molecule has 17 heavy (non-hydrogen) atoms. The number of likely N-dealkylation sites (N-methyl/N-ethyl adjacent to an activating group) is 1. The summed E-state index contributed by atoms with van der Waals surface area (Å²) in [5, 5.41) is 8.90. The number of hydrogen-bond acceptors (Lipinski definition) is 3. The second-order valence-corrected chi connectivity index (χ2v) is 4.07. The van der Waals surface area contributed by atoms with Crippen molar-refractivity contribution in [2.24, 2.45) is 0 Å². The fourth-order valence-corrected chi connectivity index (χ4v) is 1.63. The van der Waals surface area contributed by atoms with Crippen LogP contribution in [0.1, 0.15) is 18.9 Å². The third-order valence-corrected chi connectivity index (χ3v) is 2.77. The van der Waals surface area contributed by atoms with Crippen LogP contribution in [0.4, 0.5) is 0 Å². The molecule has 3 nitrogen and oxygen atoms in total. The first-order valence-electron chi connectivity index (χ1n) is 5.99. The molecule has 0 radical (unpaired) electrons. The Labute approximate surface area is 104 Å². The van der Waals surface area contributed by atoms with Crippen molar-refractivity contribution in [3.63, 3.8) is 0 Å². The van der Waals surface area contributed by atoms with E-state index < -0.39 is 0 Å². The lowest BCUT2D eigenvalue weighted by atomic mass is 10.2. The quantitative estimate of drug-likeness (QED) is 0.677. The minimum atomic E-state index is -0.00433. The maximum atomic E-state index is 8.90. The number of benzene rings is 1. The summed E-state index contributed by atoms with van der Waals surface area (Å²) >= 11 is 0. The zero-order valence-electron chi connectivity index (χ0n) is 10.6. The van der Waals surface area contributed by atoms with Crippen molar-refractivity contribution in [2.75, 3.05) is 20.2 Å². The van der Waals surface area contributed by atoms with Crippen LogP contribution < -0.4 is 0 Å². The van der Waals surface area contributed by atoms with Crippen LogP contribution in [0.3, 0.4) is 0 Å². The summed E-state index contributed by atoms with van der Waals surface area (Å²) in [6.07, 6.45) is 0.853. The number of nitrogens with zero attached hydrogens (tertiary/aromatic N) is 2. The van der Waals surface area contributed by atoms with Gasteiger partial charge in [-0.25, -0.2) is 0 Å². The Bertz CT molecular complexity index is 345. The monoisotopic (exact) mass is 232 g/mol. The Kier molecular flexibility index (Phi) is 6.31. The summed E-state index contributed by atoms with van der Waals surface area (Å²) in [4.78, 5) is 2.03. The molecule has 0 spiro atoms. The molecule has 1 rings (SSSR count). The van der Waals surface area contributed by atoms with Crippen LogP contribution >= 0.6 is 0 Å². The standard InChI is InChI=1S/C14H20N2O/c1-3-14(11-15)16(2)9-10-17-12-13-7-5-4-6-8-13/h4-8,14H,3,9-10,12H2,1-2H3. The van der Waals surface area contributed by atoms with E-state index >= 15 is 0 Å². The largest absolute Gasteiger partial charge is 0.375 e. The van der Waals surface area contributed by atoms with Crippen molar-refractivity contribution in [1.29, 1.82) is 5.26 Å². The van der Waals surface area contributed by atoms with Gasteiger partial charge < -0.3 is 4.74 Å². The molecule has 0 heterocycles. The van der Waals surface area contributed by atoms with Crippen LogP contribution in [0.5, 0.6) is 0 Å². The van der Waals surface area contributed by atoms with Crippen molar-refractivity contribution >= 4 is 0 Å². The minimum absolute atomic E-state index is 0.00433. The van der Waals surface area contributed by atoms with E-state index in [1.165, 1.54) is 5.56 Å². The SMILES string of the molecule is CCC(C#N)N(C)CCOCc1ccccc1. The van der Waals surface area contributed by atoms with Gasteiger partial charge in [0, 0.05) is 6.54 Å². The van der Waals surface area contributed by atoms with Gasteiger partial charge in [0.1, 0.15) is 0 Å². The Morgan fingerprint density at radius 3 is 2.65 bits per heavy atom. The predicted molar refractivity (Wildman–Crippen MR) is 68.4 cm³/mol. The van der Waals surface area contributed by atoms with Gasteiger partial charge in [0.25, 0.3) is 0 Å². The molecule has 92 valence electrons. The van der Waals surface area contributed by atoms with Crippen LogP contribution in [-0.4, -0.2) is 31.1 Å². The Balaban J connectivity index is 2.18. The molecule has 0 saturated heterocycles. The van der Waals surface area contributed by atoms with E-state index in [1.54, 1.807) is 0 Å². The molecule has 0 aliphatic heterocycles. The van der Waals surface area contributed by atoms with E-state index in [-0.39, 0.29) is 6.04 Å². The molecular formula is C14H20N2O. The second-order valence-electron chi connectivity index (χ2n) is 4.07. The van der Waals surface area contributed by atoms with Crippen LogP contribution in [0.15, 0.2) is 30.3 Å². The first-order chi connectivity index (χ1) is 8.27. The number of ether oxygens (including phenoxy) is 1. The van der Waals surface area contributed by atoms with Crippen LogP contribution in [0, 0.1) is 11.3 Å². The first-order valence-corrected chi connectivity index (χ1v) is 5.99. The van der Waals surface area contributed by atoms with Gasteiger partial charge in [-0.1, -0.05) is 37.3 Å². The van der Waals surface area contributed by atoms with Gasteiger partial charge in [-0.2, -0.15) is 5.26 Å². The van der Waals surface area contributed by atoms with Crippen LogP contribution in [0.2, 0.25) is 0 Å². The lowest BCUT2D eigenvalue weighted by molar-refractivity contribution is 0.0936. The highest BCUT2D eigenvalue weighted by molar-refractivity contribution is 5.13. The molecule has 0 saturated carbocycles.